The Morgan fingerprint density at radius 1 is 1.07 bits per heavy atom. The van der Waals surface area contributed by atoms with Gasteiger partial charge in [0.05, 0.1) is 32.5 Å². The predicted octanol–water partition coefficient (Wildman–Crippen LogP) is 1.66. The van der Waals surface area contributed by atoms with Crippen LogP contribution >= 0.6 is 0 Å². The third-order valence-electron chi connectivity index (χ3n) is 5.65. The summed E-state index contributed by atoms with van der Waals surface area (Å²) in [7, 11) is 0. The van der Waals surface area contributed by atoms with Crippen LogP contribution in [-0.4, -0.2) is 67.1 Å². The summed E-state index contributed by atoms with van der Waals surface area (Å²) < 4.78 is 38.5. The summed E-state index contributed by atoms with van der Waals surface area (Å²) in [4.78, 5) is 17.8. The summed E-state index contributed by atoms with van der Waals surface area (Å²) in [6.45, 7) is 4.58. The molecular weight excluding hydrogens is 382 g/mol. The van der Waals surface area contributed by atoms with Gasteiger partial charge in [0.2, 0.25) is 0 Å². The van der Waals surface area contributed by atoms with Crippen LogP contribution in [0.2, 0.25) is 0 Å². The zero-order valence-corrected chi connectivity index (χ0v) is 15.9. The van der Waals surface area contributed by atoms with Crippen LogP contribution in [0.4, 0.5) is 26.2 Å². The van der Waals surface area contributed by atoms with Gasteiger partial charge in [-0.15, -0.1) is 0 Å². The lowest BCUT2D eigenvalue weighted by Gasteiger charge is -2.31. The van der Waals surface area contributed by atoms with E-state index in [0.29, 0.717) is 39.5 Å². The van der Waals surface area contributed by atoms with E-state index >= 15 is 0 Å². The summed E-state index contributed by atoms with van der Waals surface area (Å²) in [5.74, 6) is 1.90. The number of nitrogen functional groups attached to an aromatic ring is 1. The van der Waals surface area contributed by atoms with Gasteiger partial charge in [-0.2, -0.15) is 0 Å². The van der Waals surface area contributed by atoms with Crippen LogP contribution in [0.5, 0.6) is 0 Å². The van der Waals surface area contributed by atoms with Crippen molar-refractivity contribution in [2.24, 2.45) is 0 Å². The minimum atomic E-state index is -2.70. The SMILES string of the molecule is Nc1cc(C(F)F)c(-c2nc(N3CCOCC3)c3c(n2)N2CCOC[C@@H]2C3)cn1. The number of anilines is 3. The van der Waals surface area contributed by atoms with Crippen LogP contribution in [0, 0.1) is 0 Å². The second-order valence-electron chi connectivity index (χ2n) is 7.40. The molecule has 5 heterocycles. The van der Waals surface area contributed by atoms with Crippen LogP contribution in [0.3, 0.4) is 0 Å². The minimum absolute atomic E-state index is 0.0480. The van der Waals surface area contributed by atoms with Crippen molar-refractivity contribution in [2.45, 2.75) is 18.9 Å². The van der Waals surface area contributed by atoms with Gasteiger partial charge in [-0.1, -0.05) is 0 Å². The van der Waals surface area contributed by atoms with Crippen LogP contribution in [0.25, 0.3) is 11.4 Å². The second kappa shape index (κ2) is 7.34. The molecule has 2 aromatic rings. The lowest BCUT2D eigenvalue weighted by Crippen LogP contribution is -2.43. The van der Waals surface area contributed by atoms with Crippen molar-refractivity contribution in [3.8, 4) is 11.4 Å². The van der Waals surface area contributed by atoms with Crippen LogP contribution in [0.15, 0.2) is 12.3 Å². The molecule has 2 N–H and O–H groups in total. The number of hydrogen-bond donors (Lipinski definition) is 1. The van der Waals surface area contributed by atoms with Crippen molar-refractivity contribution < 1.29 is 18.3 Å². The molecule has 0 aromatic carbocycles. The van der Waals surface area contributed by atoms with Gasteiger partial charge in [-0.3, -0.25) is 0 Å². The molecule has 0 aliphatic carbocycles. The lowest BCUT2D eigenvalue weighted by molar-refractivity contribution is 0.0973. The molecule has 3 aliphatic heterocycles. The van der Waals surface area contributed by atoms with Crippen LogP contribution in [0.1, 0.15) is 17.6 Å². The maximum absolute atomic E-state index is 13.7. The molecule has 2 aromatic heterocycles. The molecule has 0 radical (unpaired) electrons. The van der Waals surface area contributed by atoms with Gasteiger partial charge in [0.25, 0.3) is 6.43 Å². The molecule has 3 aliphatic rings. The molecule has 0 amide bonds. The number of nitrogens with zero attached hydrogens (tertiary/aromatic N) is 5. The Labute approximate surface area is 166 Å². The third-order valence-corrected chi connectivity index (χ3v) is 5.65. The standard InChI is InChI=1S/C19H22F2N6O2/c20-16(21)12-8-15(22)23-9-14(12)17-24-18(26-1-4-28-5-2-26)13-7-11-10-29-6-3-27(11)19(13)25-17/h8-9,11,16H,1-7,10H2,(H2,22,23)/t11-/m0/s1. The van der Waals surface area contributed by atoms with Gasteiger partial charge in [-0.25, -0.2) is 23.7 Å². The fourth-order valence-electron chi connectivity index (χ4n) is 4.23. The van der Waals surface area contributed by atoms with E-state index in [1.807, 2.05) is 0 Å². The Bertz CT molecular complexity index is 922. The van der Waals surface area contributed by atoms with E-state index in [1.165, 1.54) is 12.3 Å². The average molecular weight is 404 g/mol. The fourth-order valence-corrected chi connectivity index (χ4v) is 4.23. The second-order valence-corrected chi connectivity index (χ2v) is 7.40. The van der Waals surface area contributed by atoms with E-state index < -0.39 is 6.43 Å². The molecular formula is C19H22F2N6O2. The maximum Gasteiger partial charge on any atom is 0.264 e. The van der Waals surface area contributed by atoms with E-state index in [0.717, 1.165) is 30.2 Å². The van der Waals surface area contributed by atoms with Gasteiger partial charge >= 0.3 is 0 Å². The molecule has 29 heavy (non-hydrogen) atoms. The molecule has 154 valence electrons. The predicted molar refractivity (Wildman–Crippen MR) is 103 cm³/mol. The molecule has 5 rings (SSSR count). The van der Waals surface area contributed by atoms with E-state index in [-0.39, 0.29) is 28.8 Å². The largest absolute Gasteiger partial charge is 0.384 e. The molecule has 0 bridgehead atoms. The molecule has 0 spiro atoms. The highest BCUT2D eigenvalue weighted by Gasteiger charge is 2.37. The lowest BCUT2D eigenvalue weighted by atomic mass is 10.1. The molecule has 10 heteroatoms. The van der Waals surface area contributed by atoms with Crippen molar-refractivity contribution in [1.82, 2.24) is 15.0 Å². The Hall–Kier alpha value is -2.59. The fraction of sp³-hybridized carbons (Fsp3) is 0.526. The number of hydrogen-bond acceptors (Lipinski definition) is 8. The first-order valence-corrected chi connectivity index (χ1v) is 9.73. The Kier molecular flexibility index (Phi) is 4.67. The van der Waals surface area contributed by atoms with Gasteiger partial charge in [0.1, 0.15) is 17.5 Å². The first-order chi connectivity index (χ1) is 14.1. The Morgan fingerprint density at radius 3 is 2.62 bits per heavy atom. The number of morpholine rings is 2. The summed E-state index contributed by atoms with van der Waals surface area (Å²) in [5, 5.41) is 0. The summed E-state index contributed by atoms with van der Waals surface area (Å²) in [5.41, 5.74) is 6.69. The molecule has 8 nitrogen and oxygen atoms in total. The normalized spacial score (nSPS) is 21.4. The third kappa shape index (κ3) is 3.25. The molecule has 1 atom stereocenters. The number of pyridine rings is 1. The number of halogens is 2. The summed E-state index contributed by atoms with van der Waals surface area (Å²) in [6.07, 6.45) is -0.577. The average Bonchev–Trinajstić information content (AvgIpc) is 3.12. The number of ether oxygens (including phenoxy) is 2. The molecule has 0 saturated carbocycles. The van der Waals surface area contributed by atoms with Crippen molar-refractivity contribution in [3.63, 3.8) is 0 Å². The first kappa shape index (κ1) is 18.4. The summed E-state index contributed by atoms with van der Waals surface area (Å²) in [6, 6.07) is 1.39. The van der Waals surface area contributed by atoms with Crippen LogP contribution < -0.4 is 15.5 Å². The van der Waals surface area contributed by atoms with E-state index in [4.69, 9.17) is 25.2 Å². The number of fused-ring (bicyclic) bond motifs is 3. The molecule has 2 saturated heterocycles. The minimum Gasteiger partial charge on any atom is -0.384 e. The highest BCUT2D eigenvalue weighted by atomic mass is 19.3. The van der Waals surface area contributed by atoms with Gasteiger partial charge in [0.15, 0.2) is 5.82 Å². The Morgan fingerprint density at radius 2 is 1.83 bits per heavy atom. The van der Waals surface area contributed by atoms with Crippen molar-refractivity contribution in [1.29, 1.82) is 0 Å². The van der Waals surface area contributed by atoms with E-state index in [1.54, 1.807) is 0 Å². The van der Waals surface area contributed by atoms with Crippen molar-refractivity contribution in [2.75, 3.05) is 61.6 Å². The van der Waals surface area contributed by atoms with Crippen molar-refractivity contribution in [3.05, 3.63) is 23.4 Å². The zero-order valence-electron chi connectivity index (χ0n) is 15.9. The zero-order chi connectivity index (χ0) is 20.0. The van der Waals surface area contributed by atoms with E-state index in [9.17, 15) is 8.78 Å². The number of alkyl halides is 2. The quantitative estimate of drug-likeness (QED) is 0.826. The number of aromatic nitrogens is 3. The molecule has 0 unspecified atom stereocenters. The van der Waals surface area contributed by atoms with Gasteiger partial charge in [0, 0.05) is 48.9 Å². The Balaban J connectivity index is 1.66. The topological polar surface area (TPSA) is 89.6 Å². The van der Waals surface area contributed by atoms with Gasteiger partial charge in [-0.05, 0) is 6.07 Å². The number of rotatable bonds is 3. The van der Waals surface area contributed by atoms with Crippen LogP contribution in [-0.2, 0) is 15.9 Å². The smallest absolute Gasteiger partial charge is 0.264 e. The maximum atomic E-state index is 13.7. The number of nitrogens with two attached hydrogens (primary N) is 1. The monoisotopic (exact) mass is 404 g/mol. The highest BCUT2D eigenvalue weighted by Crippen LogP contribution is 2.40. The highest BCUT2D eigenvalue weighted by molar-refractivity contribution is 5.72. The van der Waals surface area contributed by atoms with Crippen molar-refractivity contribution >= 4 is 17.5 Å². The van der Waals surface area contributed by atoms with E-state index in [2.05, 4.69) is 14.8 Å². The summed E-state index contributed by atoms with van der Waals surface area (Å²) >= 11 is 0. The molecule has 2 fully saturated rings. The first-order valence-electron chi connectivity index (χ1n) is 9.73. The van der Waals surface area contributed by atoms with Gasteiger partial charge < -0.3 is 25.0 Å².